The largest absolute Gasteiger partial charge is 0.483 e. The third-order valence-electron chi connectivity index (χ3n) is 3.17. The molecule has 0 atom stereocenters. The molecular formula is C18H16F3NO2. The van der Waals surface area contributed by atoms with Crippen molar-refractivity contribution < 1.29 is 22.7 Å². The third kappa shape index (κ3) is 4.87. The van der Waals surface area contributed by atoms with E-state index in [0.717, 1.165) is 17.7 Å². The van der Waals surface area contributed by atoms with Crippen LogP contribution in [0.4, 0.5) is 18.9 Å². The van der Waals surface area contributed by atoms with Crippen LogP contribution in [0.15, 0.2) is 61.2 Å². The Morgan fingerprint density at radius 3 is 2.62 bits per heavy atom. The smallest absolute Gasteiger partial charge is 0.416 e. The molecule has 0 spiro atoms. The van der Waals surface area contributed by atoms with Gasteiger partial charge in [0.2, 0.25) is 0 Å². The Kier molecular flexibility index (Phi) is 5.63. The molecule has 0 saturated heterocycles. The van der Waals surface area contributed by atoms with Crippen LogP contribution in [0.25, 0.3) is 0 Å². The molecule has 2 aromatic carbocycles. The average molecular weight is 335 g/mol. The number of para-hydroxylation sites is 1. The number of alkyl halides is 3. The molecule has 0 fully saturated rings. The number of hydrogen-bond donors (Lipinski definition) is 1. The van der Waals surface area contributed by atoms with Gasteiger partial charge in [-0.3, -0.25) is 4.79 Å². The van der Waals surface area contributed by atoms with E-state index in [9.17, 15) is 18.0 Å². The lowest BCUT2D eigenvalue weighted by Gasteiger charge is -2.12. The Hall–Kier alpha value is -2.76. The van der Waals surface area contributed by atoms with E-state index in [-0.39, 0.29) is 12.3 Å². The Morgan fingerprint density at radius 1 is 1.17 bits per heavy atom. The van der Waals surface area contributed by atoms with Crippen molar-refractivity contribution in [1.29, 1.82) is 0 Å². The number of halogens is 3. The van der Waals surface area contributed by atoms with Crippen LogP contribution in [-0.2, 0) is 17.4 Å². The van der Waals surface area contributed by atoms with Crippen molar-refractivity contribution in [3.05, 3.63) is 72.3 Å². The predicted octanol–water partition coefficient (Wildman–Crippen LogP) is 4.45. The summed E-state index contributed by atoms with van der Waals surface area (Å²) in [6.45, 7) is 3.35. The number of nitrogens with one attached hydrogen (secondary N) is 1. The summed E-state index contributed by atoms with van der Waals surface area (Å²) in [5.41, 5.74) is 0.120. The van der Waals surface area contributed by atoms with E-state index in [1.165, 1.54) is 12.1 Å². The number of ether oxygens (including phenoxy) is 1. The molecule has 0 unspecified atom stereocenters. The number of hydrogen-bond acceptors (Lipinski definition) is 2. The molecule has 126 valence electrons. The number of carbonyl (C=O) groups is 1. The minimum Gasteiger partial charge on any atom is -0.483 e. The maximum atomic E-state index is 12.6. The van der Waals surface area contributed by atoms with Crippen molar-refractivity contribution in [2.24, 2.45) is 0 Å². The van der Waals surface area contributed by atoms with Gasteiger partial charge in [0.25, 0.3) is 5.91 Å². The van der Waals surface area contributed by atoms with E-state index in [4.69, 9.17) is 4.74 Å². The average Bonchev–Trinajstić information content (AvgIpc) is 2.54. The number of amides is 1. The summed E-state index contributed by atoms with van der Waals surface area (Å²) in [5, 5.41) is 2.39. The van der Waals surface area contributed by atoms with Crippen molar-refractivity contribution in [2.75, 3.05) is 11.9 Å². The normalized spacial score (nSPS) is 11.0. The lowest BCUT2D eigenvalue weighted by atomic mass is 10.1. The molecule has 3 nitrogen and oxygen atoms in total. The van der Waals surface area contributed by atoms with E-state index < -0.39 is 17.6 Å². The molecule has 6 heteroatoms. The maximum Gasteiger partial charge on any atom is 0.416 e. The van der Waals surface area contributed by atoms with Gasteiger partial charge in [-0.05, 0) is 36.2 Å². The molecule has 0 aliphatic heterocycles. The zero-order valence-electron chi connectivity index (χ0n) is 12.8. The summed E-state index contributed by atoms with van der Waals surface area (Å²) in [5.74, 6) is -0.000627. The van der Waals surface area contributed by atoms with Gasteiger partial charge in [-0.15, -0.1) is 6.58 Å². The van der Waals surface area contributed by atoms with Crippen molar-refractivity contribution in [2.45, 2.75) is 12.6 Å². The summed E-state index contributed by atoms with van der Waals surface area (Å²) >= 11 is 0. The van der Waals surface area contributed by atoms with Gasteiger partial charge in [-0.1, -0.05) is 30.3 Å². The lowest BCUT2D eigenvalue weighted by Crippen LogP contribution is -2.20. The van der Waals surface area contributed by atoms with Gasteiger partial charge < -0.3 is 10.1 Å². The van der Waals surface area contributed by atoms with Gasteiger partial charge in [0, 0.05) is 5.69 Å². The molecule has 1 amide bonds. The fraction of sp³-hybridized carbons (Fsp3) is 0.167. The fourth-order valence-electron chi connectivity index (χ4n) is 2.08. The molecule has 24 heavy (non-hydrogen) atoms. The van der Waals surface area contributed by atoms with Gasteiger partial charge in [0.05, 0.1) is 5.56 Å². The van der Waals surface area contributed by atoms with Crippen molar-refractivity contribution in [1.82, 2.24) is 0 Å². The standard InChI is InChI=1S/C18H16F3NO2/c1-2-6-13-7-3-4-10-16(13)24-12-17(23)22-15-9-5-8-14(11-15)18(19,20)21/h2-5,7-11H,1,6,12H2,(H,22,23). The molecule has 0 aliphatic rings. The van der Waals surface area contributed by atoms with E-state index in [2.05, 4.69) is 11.9 Å². The van der Waals surface area contributed by atoms with Crippen LogP contribution in [-0.4, -0.2) is 12.5 Å². The maximum absolute atomic E-state index is 12.6. The van der Waals surface area contributed by atoms with Gasteiger partial charge in [-0.2, -0.15) is 13.2 Å². The quantitative estimate of drug-likeness (QED) is 0.792. The number of allylic oxidation sites excluding steroid dienone is 1. The summed E-state index contributed by atoms with van der Waals surface area (Å²) < 4.78 is 43.4. The molecule has 0 heterocycles. The van der Waals surface area contributed by atoms with Crippen molar-refractivity contribution in [3.8, 4) is 5.75 Å². The summed E-state index contributed by atoms with van der Waals surface area (Å²) in [6, 6.07) is 11.6. The highest BCUT2D eigenvalue weighted by atomic mass is 19.4. The predicted molar refractivity (Wildman–Crippen MR) is 85.9 cm³/mol. The molecule has 0 aliphatic carbocycles. The van der Waals surface area contributed by atoms with E-state index in [1.807, 2.05) is 12.1 Å². The van der Waals surface area contributed by atoms with Crippen LogP contribution < -0.4 is 10.1 Å². The number of rotatable bonds is 6. The first-order valence-corrected chi connectivity index (χ1v) is 7.19. The number of benzene rings is 2. The zero-order chi connectivity index (χ0) is 17.6. The molecule has 0 aromatic heterocycles. The van der Waals surface area contributed by atoms with Crippen LogP contribution in [0.1, 0.15) is 11.1 Å². The molecule has 1 N–H and O–H groups in total. The molecule has 0 saturated carbocycles. The molecule has 2 aromatic rings. The van der Waals surface area contributed by atoms with Gasteiger partial charge in [0.1, 0.15) is 5.75 Å². The summed E-state index contributed by atoms with van der Waals surface area (Å²) in [7, 11) is 0. The molecule has 0 bridgehead atoms. The van der Waals surface area contributed by atoms with Crippen LogP contribution in [0.2, 0.25) is 0 Å². The second kappa shape index (κ2) is 7.68. The zero-order valence-corrected chi connectivity index (χ0v) is 12.8. The van der Waals surface area contributed by atoms with Crippen molar-refractivity contribution >= 4 is 11.6 Å². The Labute approximate surface area is 137 Å². The summed E-state index contributed by atoms with van der Waals surface area (Å²) in [6.07, 6.45) is -2.16. The minimum absolute atomic E-state index is 0.0674. The van der Waals surface area contributed by atoms with E-state index in [0.29, 0.717) is 12.2 Å². The topological polar surface area (TPSA) is 38.3 Å². The fourth-order valence-corrected chi connectivity index (χ4v) is 2.08. The number of anilines is 1. The monoisotopic (exact) mass is 335 g/mol. The van der Waals surface area contributed by atoms with Crippen molar-refractivity contribution in [3.63, 3.8) is 0 Å². The Bertz CT molecular complexity index is 726. The SMILES string of the molecule is C=CCc1ccccc1OCC(=O)Nc1cccc(C(F)(F)F)c1. The third-order valence-corrected chi connectivity index (χ3v) is 3.17. The van der Waals surface area contributed by atoms with Crippen LogP contribution in [0.3, 0.4) is 0 Å². The first kappa shape index (κ1) is 17.6. The highest BCUT2D eigenvalue weighted by Crippen LogP contribution is 2.30. The molecule has 0 radical (unpaired) electrons. The van der Waals surface area contributed by atoms with Crippen LogP contribution in [0, 0.1) is 0 Å². The van der Waals surface area contributed by atoms with E-state index >= 15 is 0 Å². The second-order valence-corrected chi connectivity index (χ2v) is 5.02. The first-order chi connectivity index (χ1) is 11.4. The number of carbonyl (C=O) groups excluding carboxylic acids is 1. The van der Waals surface area contributed by atoms with E-state index in [1.54, 1.807) is 18.2 Å². The molecule has 2 rings (SSSR count). The highest BCUT2D eigenvalue weighted by molar-refractivity contribution is 5.92. The lowest BCUT2D eigenvalue weighted by molar-refractivity contribution is -0.137. The minimum atomic E-state index is -4.46. The first-order valence-electron chi connectivity index (χ1n) is 7.19. The molecular weight excluding hydrogens is 319 g/mol. The second-order valence-electron chi connectivity index (χ2n) is 5.02. The Morgan fingerprint density at radius 2 is 1.92 bits per heavy atom. The van der Waals surface area contributed by atoms with Gasteiger partial charge >= 0.3 is 6.18 Å². The van der Waals surface area contributed by atoms with Gasteiger partial charge in [0.15, 0.2) is 6.61 Å². The Balaban J connectivity index is 1.98. The summed E-state index contributed by atoms with van der Waals surface area (Å²) in [4.78, 5) is 11.9. The van der Waals surface area contributed by atoms with Crippen LogP contribution in [0.5, 0.6) is 5.75 Å². The van der Waals surface area contributed by atoms with Gasteiger partial charge in [-0.25, -0.2) is 0 Å². The van der Waals surface area contributed by atoms with Crippen LogP contribution >= 0.6 is 0 Å². The highest BCUT2D eigenvalue weighted by Gasteiger charge is 2.30.